The summed E-state index contributed by atoms with van der Waals surface area (Å²) in [6.45, 7) is 3.76. The molecule has 0 saturated carbocycles. The first kappa shape index (κ1) is 35.5. The zero-order chi connectivity index (χ0) is 30.1. The van der Waals surface area contributed by atoms with Gasteiger partial charge >= 0.3 is 5.97 Å². The molecule has 1 unspecified atom stereocenters. The smallest absolute Gasteiger partial charge is 0.306 e. The molecule has 1 saturated heterocycles. The molecule has 2 amide bonds. The highest BCUT2D eigenvalue weighted by atomic mass is 16.6. The maximum absolute atomic E-state index is 12.1. The van der Waals surface area contributed by atoms with Crippen molar-refractivity contribution in [3.63, 3.8) is 0 Å². The summed E-state index contributed by atoms with van der Waals surface area (Å²) in [5.74, 6) is -0.622. The van der Waals surface area contributed by atoms with Gasteiger partial charge in [0.15, 0.2) is 0 Å². The van der Waals surface area contributed by atoms with Gasteiger partial charge in [0.05, 0.1) is 0 Å². The van der Waals surface area contributed by atoms with E-state index >= 15 is 0 Å². The fourth-order valence-corrected chi connectivity index (χ4v) is 3.85. The quantitative estimate of drug-likeness (QED) is 0.0863. The number of hydrogen-bond donors (Lipinski definition) is 2. The molecule has 0 bridgehead atoms. The molecule has 0 aromatic carbocycles. The lowest BCUT2D eigenvalue weighted by molar-refractivity contribution is -0.150. The monoisotopic (exact) mass is 567 g/mol. The number of carbonyl (C=O) groups is 3. The summed E-state index contributed by atoms with van der Waals surface area (Å²) in [6, 6.07) is -0.396. The van der Waals surface area contributed by atoms with Crippen LogP contribution in [-0.4, -0.2) is 55.2 Å². The summed E-state index contributed by atoms with van der Waals surface area (Å²) in [6.07, 6.45) is 33.5. The predicted octanol–water partition coefficient (Wildman–Crippen LogP) is 5.56. The van der Waals surface area contributed by atoms with E-state index in [0.29, 0.717) is 24.8 Å². The molecule has 3 atom stereocenters. The normalized spacial score (nSPS) is 20.0. The lowest BCUT2D eigenvalue weighted by Crippen LogP contribution is -2.34. The zero-order valence-electron chi connectivity index (χ0n) is 25.0. The molecule has 1 aliphatic heterocycles. The fourth-order valence-electron chi connectivity index (χ4n) is 3.85. The van der Waals surface area contributed by atoms with Crippen LogP contribution in [0, 0.1) is 0 Å². The van der Waals surface area contributed by atoms with Gasteiger partial charge in [-0.05, 0) is 51.9 Å². The second-order valence-electron chi connectivity index (χ2n) is 9.61. The number of allylic oxidation sites excluding steroid dienone is 12. The third-order valence-corrected chi connectivity index (χ3v) is 6.19. The molecule has 0 aliphatic carbocycles. The number of likely N-dealkylation sites (N-methyl/N-ethyl adjacent to an activating group) is 1. The van der Waals surface area contributed by atoms with Crippen molar-refractivity contribution >= 4 is 18.3 Å². The summed E-state index contributed by atoms with van der Waals surface area (Å²) in [4.78, 5) is 36.6. The summed E-state index contributed by atoms with van der Waals surface area (Å²) in [7, 11) is 1.51. The molecule has 41 heavy (non-hydrogen) atoms. The van der Waals surface area contributed by atoms with E-state index < -0.39 is 18.4 Å². The van der Waals surface area contributed by atoms with E-state index in [0.717, 1.165) is 38.5 Å². The fraction of sp³-hybridized carbons (Fsp3) is 0.485. The Bertz CT molecular complexity index is 977. The highest BCUT2D eigenvalue weighted by Gasteiger charge is 2.36. The highest BCUT2D eigenvalue weighted by Crippen LogP contribution is 2.22. The van der Waals surface area contributed by atoms with Crippen LogP contribution in [0.4, 0.5) is 0 Å². The summed E-state index contributed by atoms with van der Waals surface area (Å²) < 4.78 is 11.2. The highest BCUT2D eigenvalue weighted by molar-refractivity contribution is 5.92. The maximum atomic E-state index is 12.1. The Hall–Kier alpha value is -3.49. The number of esters is 1. The first-order valence-electron chi connectivity index (χ1n) is 14.5. The van der Waals surface area contributed by atoms with Crippen molar-refractivity contribution in [2.75, 3.05) is 13.7 Å². The molecule has 1 aliphatic rings. The minimum Gasteiger partial charge on any atom is -0.463 e. The number of rotatable bonds is 20. The topological polar surface area (TPSA) is 111 Å². The van der Waals surface area contributed by atoms with Gasteiger partial charge in [0, 0.05) is 37.7 Å². The Morgan fingerprint density at radius 3 is 1.90 bits per heavy atom. The maximum Gasteiger partial charge on any atom is 0.306 e. The average molecular weight is 568 g/mol. The lowest BCUT2D eigenvalue weighted by Gasteiger charge is -2.22. The largest absolute Gasteiger partial charge is 0.463 e. The Kier molecular flexibility index (Phi) is 20.1. The van der Waals surface area contributed by atoms with Crippen molar-refractivity contribution in [2.45, 2.75) is 90.0 Å². The van der Waals surface area contributed by atoms with Crippen molar-refractivity contribution in [3.05, 3.63) is 84.7 Å². The zero-order valence-corrected chi connectivity index (χ0v) is 25.0. The molecule has 1 rings (SSSR count). The molecule has 0 aromatic rings. The number of nitrogens with zero attached hydrogens (tertiary/aromatic N) is 1. The molecule has 1 heterocycles. The number of carbonyl (C=O) groups excluding carboxylic acids is 3. The first-order valence-corrected chi connectivity index (χ1v) is 14.5. The van der Waals surface area contributed by atoms with E-state index in [9.17, 15) is 14.4 Å². The van der Waals surface area contributed by atoms with Crippen molar-refractivity contribution in [2.24, 2.45) is 5.73 Å². The summed E-state index contributed by atoms with van der Waals surface area (Å²) >= 11 is 0. The first-order chi connectivity index (χ1) is 19.9. The molecule has 1 fully saturated rings. The third kappa shape index (κ3) is 17.0. The minimum atomic E-state index is -0.621. The minimum absolute atomic E-state index is 0.0189. The van der Waals surface area contributed by atoms with Crippen LogP contribution < -0.4 is 11.1 Å². The van der Waals surface area contributed by atoms with Gasteiger partial charge in [0.2, 0.25) is 12.3 Å². The van der Waals surface area contributed by atoms with Crippen LogP contribution in [0.2, 0.25) is 0 Å². The van der Waals surface area contributed by atoms with E-state index in [4.69, 9.17) is 15.2 Å². The molecule has 226 valence electrons. The Morgan fingerprint density at radius 2 is 1.41 bits per heavy atom. The van der Waals surface area contributed by atoms with Gasteiger partial charge in [-0.1, -0.05) is 79.8 Å². The van der Waals surface area contributed by atoms with Crippen LogP contribution in [0.25, 0.3) is 0 Å². The number of amides is 2. The molecular formula is C33H49N3O5. The van der Waals surface area contributed by atoms with Gasteiger partial charge < -0.3 is 20.5 Å². The van der Waals surface area contributed by atoms with Crippen molar-refractivity contribution in [1.82, 2.24) is 10.2 Å². The predicted molar refractivity (Wildman–Crippen MR) is 165 cm³/mol. The van der Waals surface area contributed by atoms with Crippen LogP contribution in [0.15, 0.2) is 84.7 Å². The molecule has 8 nitrogen and oxygen atoms in total. The standard InChI is InChI=1S/C33H49N3O5/c1-4-5-6-7-8-9-10-11-12-13-14-15-16-17-18-19-20-21-22-23-32(38)40-26-30-29(34)24-31(41-30)36(27-37)25-28(2)33(39)35-3/h5-6,8-9,11-12,14-15,17-18,20-21,25,27,29-31H,4,7,10,13,16,19,22-24,26,34H2,1-3H3,(H,35,39)/b6-5-,9-8-,12-11-,15-14-,18-17-,21-20-,28-25-/t29-,30?,31-/m1/s1. The van der Waals surface area contributed by atoms with Crippen molar-refractivity contribution < 1.29 is 23.9 Å². The summed E-state index contributed by atoms with van der Waals surface area (Å²) in [5, 5.41) is 2.50. The molecule has 0 radical (unpaired) electrons. The van der Waals surface area contributed by atoms with Crippen LogP contribution >= 0.6 is 0 Å². The van der Waals surface area contributed by atoms with Crippen molar-refractivity contribution in [3.8, 4) is 0 Å². The summed E-state index contributed by atoms with van der Waals surface area (Å²) in [5.41, 5.74) is 6.49. The molecular weight excluding hydrogens is 518 g/mol. The van der Waals surface area contributed by atoms with Gasteiger partial charge in [0.1, 0.15) is 18.9 Å². The lowest BCUT2D eigenvalue weighted by atomic mass is 10.1. The van der Waals surface area contributed by atoms with Gasteiger partial charge in [-0.2, -0.15) is 0 Å². The van der Waals surface area contributed by atoms with E-state index in [-0.39, 0.29) is 24.9 Å². The Labute approximate surface area is 246 Å². The van der Waals surface area contributed by atoms with Gasteiger partial charge in [-0.15, -0.1) is 0 Å². The van der Waals surface area contributed by atoms with E-state index in [1.54, 1.807) is 6.92 Å². The molecule has 0 spiro atoms. The third-order valence-electron chi connectivity index (χ3n) is 6.19. The average Bonchev–Trinajstić information content (AvgIpc) is 3.35. The van der Waals surface area contributed by atoms with Crippen LogP contribution in [0.3, 0.4) is 0 Å². The number of ether oxygens (including phenoxy) is 2. The molecule has 3 N–H and O–H groups in total. The second-order valence-corrected chi connectivity index (χ2v) is 9.61. The SMILES string of the molecule is CC/C=C\C/C=C\C/C=C\C/C=C\C/C=C\C/C=C\CCC(=O)OCC1O[C@@H](N(C=O)/C=C(/C)C(=O)NC)C[C@H]1N. The van der Waals surface area contributed by atoms with E-state index in [1.165, 1.54) is 18.1 Å². The van der Waals surface area contributed by atoms with Crippen LogP contribution in [-0.2, 0) is 23.9 Å². The number of nitrogens with one attached hydrogen (secondary N) is 1. The second kappa shape index (κ2) is 23.2. The number of nitrogens with two attached hydrogens (primary N) is 1. The molecule has 0 aromatic heterocycles. The Balaban J connectivity index is 2.17. The number of hydrogen-bond acceptors (Lipinski definition) is 6. The Morgan fingerprint density at radius 1 is 0.902 bits per heavy atom. The van der Waals surface area contributed by atoms with Gasteiger partial charge in [0.25, 0.3) is 0 Å². The van der Waals surface area contributed by atoms with Crippen molar-refractivity contribution in [1.29, 1.82) is 0 Å². The molecule has 8 heteroatoms. The van der Waals surface area contributed by atoms with Crippen LogP contribution in [0.5, 0.6) is 0 Å². The van der Waals surface area contributed by atoms with Gasteiger partial charge in [-0.3, -0.25) is 19.3 Å². The van der Waals surface area contributed by atoms with Gasteiger partial charge in [-0.25, -0.2) is 0 Å². The van der Waals surface area contributed by atoms with E-state index in [2.05, 4.69) is 73.0 Å². The van der Waals surface area contributed by atoms with Crippen LogP contribution in [0.1, 0.15) is 71.6 Å². The van der Waals surface area contributed by atoms with E-state index in [1.807, 2.05) is 12.2 Å².